The summed E-state index contributed by atoms with van der Waals surface area (Å²) in [5, 5.41) is 1.98. The molecule has 0 aromatic carbocycles. The number of imidazole rings is 1. The van der Waals surface area contributed by atoms with Crippen LogP contribution in [0.25, 0.3) is 10.7 Å². The van der Waals surface area contributed by atoms with Crippen molar-refractivity contribution in [3.63, 3.8) is 0 Å². The van der Waals surface area contributed by atoms with E-state index < -0.39 is 0 Å². The molecule has 0 saturated heterocycles. The van der Waals surface area contributed by atoms with Gasteiger partial charge in [-0.3, -0.25) is 4.79 Å². The molecule has 84 valence electrons. The third-order valence-corrected chi connectivity index (χ3v) is 2.93. The van der Waals surface area contributed by atoms with Crippen LogP contribution in [0, 0.1) is 0 Å². The van der Waals surface area contributed by atoms with Crippen molar-refractivity contribution >= 4 is 17.3 Å². The van der Waals surface area contributed by atoms with Crippen molar-refractivity contribution < 1.29 is 9.53 Å². The molecule has 16 heavy (non-hydrogen) atoms. The summed E-state index contributed by atoms with van der Waals surface area (Å²) in [5.41, 5.74) is 0. The van der Waals surface area contributed by atoms with Crippen molar-refractivity contribution in [3.05, 3.63) is 29.9 Å². The van der Waals surface area contributed by atoms with Gasteiger partial charge in [-0.2, -0.15) is 0 Å². The van der Waals surface area contributed by atoms with Gasteiger partial charge in [0.25, 0.3) is 0 Å². The van der Waals surface area contributed by atoms with Crippen molar-refractivity contribution in [2.75, 3.05) is 6.61 Å². The van der Waals surface area contributed by atoms with Crippen molar-refractivity contribution in [1.82, 2.24) is 9.55 Å². The zero-order chi connectivity index (χ0) is 11.4. The fourth-order valence-electron chi connectivity index (χ4n) is 1.41. The van der Waals surface area contributed by atoms with Gasteiger partial charge in [-0.1, -0.05) is 6.07 Å². The highest BCUT2D eigenvalue weighted by Gasteiger charge is 2.10. The average molecular weight is 236 g/mol. The highest BCUT2D eigenvalue weighted by Crippen LogP contribution is 2.22. The van der Waals surface area contributed by atoms with E-state index in [1.165, 1.54) is 0 Å². The van der Waals surface area contributed by atoms with Gasteiger partial charge in [-0.05, 0) is 18.4 Å². The van der Waals surface area contributed by atoms with Crippen LogP contribution in [-0.4, -0.2) is 22.1 Å². The van der Waals surface area contributed by atoms with E-state index in [-0.39, 0.29) is 12.5 Å². The summed E-state index contributed by atoms with van der Waals surface area (Å²) in [6, 6.07) is 3.94. The molecular weight excluding hydrogens is 224 g/mol. The Labute approximate surface area is 97.5 Å². The molecule has 0 fully saturated rings. The standard InChI is InChI=1S/C11H12N2O2S/c1-2-15-10(14)8-13-6-5-12-11(13)9-4-3-7-16-9/h3-7H,2,8H2,1H3. The van der Waals surface area contributed by atoms with Crippen LogP contribution in [0.4, 0.5) is 0 Å². The van der Waals surface area contributed by atoms with E-state index in [4.69, 9.17) is 4.74 Å². The molecule has 2 heterocycles. The molecule has 0 aliphatic carbocycles. The first-order valence-electron chi connectivity index (χ1n) is 5.02. The van der Waals surface area contributed by atoms with E-state index in [2.05, 4.69) is 4.98 Å². The Morgan fingerprint density at radius 3 is 3.19 bits per heavy atom. The van der Waals surface area contributed by atoms with Crippen molar-refractivity contribution in [1.29, 1.82) is 0 Å². The molecule has 0 amide bonds. The SMILES string of the molecule is CCOC(=O)Cn1ccnc1-c1cccs1. The van der Waals surface area contributed by atoms with Crippen LogP contribution in [-0.2, 0) is 16.1 Å². The molecule has 0 saturated carbocycles. The van der Waals surface area contributed by atoms with Gasteiger partial charge in [-0.15, -0.1) is 11.3 Å². The molecule has 0 radical (unpaired) electrons. The Morgan fingerprint density at radius 2 is 2.50 bits per heavy atom. The number of hydrogen-bond acceptors (Lipinski definition) is 4. The number of carbonyl (C=O) groups excluding carboxylic acids is 1. The Balaban J connectivity index is 2.17. The molecule has 0 atom stereocenters. The second-order valence-corrected chi connectivity index (χ2v) is 4.11. The number of nitrogens with zero attached hydrogens (tertiary/aromatic N) is 2. The maximum Gasteiger partial charge on any atom is 0.325 e. The van der Waals surface area contributed by atoms with Gasteiger partial charge in [0.05, 0.1) is 11.5 Å². The Bertz CT molecular complexity index is 462. The molecule has 2 rings (SSSR count). The highest BCUT2D eigenvalue weighted by atomic mass is 32.1. The van der Waals surface area contributed by atoms with Gasteiger partial charge >= 0.3 is 5.97 Å². The molecule has 2 aromatic heterocycles. The Hall–Kier alpha value is -1.62. The first kappa shape index (κ1) is 10.9. The fourth-order valence-corrected chi connectivity index (χ4v) is 2.15. The van der Waals surface area contributed by atoms with Gasteiger partial charge in [0.15, 0.2) is 5.82 Å². The van der Waals surface area contributed by atoms with Crippen LogP contribution >= 0.6 is 11.3 Å². The lowest BCUT2D eigenvalue weighted by Crippen LogP contribution is -2.13. The molecule has 4 nitrogen and oxygen atoms in total. The van der Waals surface area contributed by atoms with E-state index in [1.54, 1.807) is 35.2 Å². The van der Waals surface area contributed by atoms with E-state index in [0.717, 1.165) is 10.7 Å². The van der Waals surface area contributed by atoms with Crippen LogP contribution in [0.2, 0.25) is 0 Å². The quantitative estimate of drug-likeness (QED) is 0.764. The van der Waals surface area contributed by atoms with Gasteiger partial charge in [0.1, 0.15) is 6.54 Å². The van der Waals surface area contributed by atoms with Crippen LogP contribution in [0.5, 0.6) is 0 Å². The monoisotopic (exact) mass is 236 g/mol. The minimum atomic E-state index is -0.238. The fraction of sp³-hybridized carbons (Fsp3) is 0.273. The second-order valence-electron chi connectivity index (χ2n) is 3.16. The lowest BCUT2D eigenvalue weighted by molar-refractivity contribution is -0.143. The van der Waals surface area contributed by atoms with Gasteiger partial charge in [0.2, 0.25) is 0 Å². The molecule has 0 spiro atoms. The van der Waals surface area contributed by atoms with Crippen LogP contribution < -0.4 is 0 Å². The molecule has 5 heteroatoms. The largest absolute Gasteiger partial charge is 0.465 e. The smallest absolute Gasteiger partial charge is 0.325 e. The summed E-state index contributed by atoms with van der Waals surface area (Å²) in [4.78, 5) is 16.7. The van der Waals surface area contributed by atoms with Crippen molar-refractivity contribution in [2.24, 2.45) is 0 Å². The topological polar surface area (TPSA) is 44.1 Å². The molecular formula is C11H12N2O2S. The lowest BCUT2D eigenvalue weighted by atomic mass is 10.4. The third-order valence-electron chi connectivity index (χ3n) is 2.06. The number of rotatable bonds is 4. The Kier molecular flexibility index (Phi) is 3.36. The number of thiophene rings is 1. The molecule has 2 aromatic rings. The lowest BCUT2D eigenvalue weighted by Gasteiger charge is -2.05. The summed E-state index contributed by atoms with van der Waals surface area (Å²) in [5.74, 6) is 0.571. The van der Waals surface area contributed by atoms with Gasteiger partial charge in [-0.25, -0.2) is 4.98 Å². The summed E-state index contributed by atoms with van der Waals surface area (Å²) in [6.07, 6.45) is 3.47. The number of ether oxygens (including phenoxy) is 1. The normalized spacial score (nSPS) is 10.3. The van der Waals surface area contributed by atoms with Crippen molar-refractivity contribution in [2.45, 2.75) is 13.5 Å². The number of hydrogen-bond donors (Lipinski definition) is 0. The summed E-state index contributed by atoms with van der Waals surface area (Å²) < 4.78 is 6.70. The number of aromatic nitrogens is 2. The van der Waals surface area contributed by atoms with Gasteiger partial charge in [0, 0.05) is 12.4 Å². The minimum absolute atomic E-state index is 0.209. The van der Waals surface area contributed by atoms with Crippen LogP contribution in [0.15, 0.2) is 29.9 Å². The zero-order valence-corrected chi connectivity index (χ0v) is 9.74. The van der Waals surface area contributed by atoms with Crippen molar-refractivity contribution in [3.8, 4) is 10.7 Å². The maximum absolute atomic E-state index is 11.4. The molecule has 0 bridgehead atoms. The van der Waals surface area contributed by atoms with E-state index in [9.17, 15) is 4.79 Å². The first-order chi connectivity index (χ1) is 7.81. The zero-order valence-electron chi connectivity index (χ0n) is 8.92. The van der Waals surface area contributed by atoms with Gasteiger partial charge < -0.3 is 9.30 Å². The summed E-state index contributed by atoms with van der Waals surface area (Å²) >= 11 is 1.60. The summed E-state index contributed by atoms with van der Waals surface area (Å²) in [7, 11) is 0. The average Bonchev–Trinajstić information content (AvgIpc) is 2.86. The predicted molar refractivity (Wildman–Crippen MR) is 62.2 cm³/mol. The Morgan fingerprint density at radius 1 is 1.62 bits per heavy atom. The predicted octanol–water partition coefficient (Wildman–Crippen LogP) is 2.17. The molecule has 0 N–H and O–H groups in total. The minimum Gasteiger partial charge on any atom is -0.465 e. The van der Waals surface area contributed by atoms with Crippen LogP contribution in [0.1, 0.15) is 6.92 Å². The van der Waals surface area contributed by atoms with E-state index in [0.29, 0.717) is 6.61 Å². The number of esters is 1. The molecule has 0 aliphatic rings. The molecule has 0 aliphatic heterocycles. The first-order valence-corrected chi connectivity index (χ1v) is 5.90. The summed E-state index contributed by atoms with van der Waals surface area (Å²) in [6.45, 7) is 2.41. The number of carbonyl (C=O) groups is 1. The highest BCUT2D eigenvalue weighted by molar-refractivity contribution is 7.13. The third kappa shape index (κ3) is 2.30. The van der Waals surface area contributed by atoms with Crippen LogP contribution in [0.3, 0.4) is 0 Å². The van der Waals surface area contributed by atoms with E-state index >= 15 is 0 Å². The maximum atomic E-state index is 11.4. The molecule has 0 unspecified atom stereocenters. The second kappa shape index (κ2) is 4.94. The van der Waals surface area contributed by atoms with E-state index in [1.807, 2.05) is 17.5 Å².